The molecule has 0 aliphatic carbocycles. The fourth-order valence-corrected chi connectivity index (χ4v) is 12.5. The van der Waals surface area contributed by atoms with Crippen molar-refractivity contribution in [3.05, 3.63) is 0 Å². The van der Waals surface area contributed by atoms with Crippen molar-refractivity contribution in [1.82, 2.24) is 0 Å². The summed E-state index contributed by atoms with van der Waals surface area (Å²) in [5.41, 5.74) is 0. The second-order valence-electron chi connectivity index (χ2n) is 8.80. The Morgan fingerprint density at radius 3 is 1.03 bits per heavy atom. The van der Waals surface area contributed by atoms with Crippen LogP contribution < -0.4 is 0 Å². The molecule has 212 valence electrons. The molecule has 0 heterocycles. The van der Waals surface area contributed by atoms with E-state index in [1.807, 2.05) is 0 Å². The highest BCUT2D eigenvalue weighted by molar-refractivity contribution is 8.06. The van der Waals surface area contributed by atoms with E-state index in [-0.39, 0.29) is 0 Å². The molecule has 35 heavy (non-hydrogen) atoms. The van der Waals surface area contributed by atoms with E-state index in [4.69, 9.17) is 0 Å². The molecule has 0 fully saturated rings. The normalized spacial score (nSPS) is 17.1. The Kier molecular flexibility index (Phi) is 31.1. The van der Waals surface area contributed by atoms with Crippen molar-refractivity contribution in [2.24, 2.45) is 0 Å². The maximum absolute atomic E-state index is 4.54. The maximum atomic E-state index is 4.54. The molecule has 0 radical (unpaired) electrons. The van der Waals surface area contributed by atoms with Crippen LogP contribution in [0.15, 0.2) is 0 Å². The Balaban J connectivity index is 4.49. The van der Waals surface area contributed by atoms with Gasteiger partial charge >= 0.3 is 0 Å². The standard InChI is InChI=1S/C24H50S11/c1-19(25)13-29-7-5-23(34-11-9-31-15-21(3)27)17-33-18-24(6-8-30-14-20(2)26)35-12-10-32-16-22(4)28/h19-28H,5-18H2,1-4H3. The molecule has 0 aromatic heterocycles. The van der Waals surface area contributed by atoms with Crippen LogP contribution in [0, 0.1) is 0 Å². The highest BCUT2D eigenvalue weighted by Crippen LogP contribution is 2.28. The first kappa shape index (κ1) is 38.9. The second-order valence-corrected chi connectivity index (χ2v) is 20.8. The molecule has 0 nitrogen and oxygen atoms in total. The van der Waals surface area contributed by atoms with Crippen LogP contribution in [0.5, 0.6) is 0 Å². The van der Waals surface area contributed by atoms with Crippen LogP contribution in [-0.2, 0) is 0 Å². The van der Waals surface area contributed by atoms with Crippen molar-refractivity contribution < 1.29 is 0 Å². The third-order valence-electron chi connectivity index (χ3n) is 4.37. The fourth-order valence-electron chi connectivity index (χ4n) is 2.75. The summed E-state index contributed by atoms with van der Waals surface area (Å²) in [4.78, 5) is 0. The Morgan fingerprint density at radius 1 is 0.400 bits per heavy atom. The Hall–Kier alpha value is 3.85. The van der Waals surface area contributed by atoms with Crippen LogP contribution in [0.1, 0.15) is 40.5 Å². The van der Waals surface area contributed by atoms with Gasteiger partial charge in [-0.2, -0.15) is 133 Å². The molecule has 0 N–H and O–H groups in total. The molecule has 0 aromatic rings. The summed E-state index contributed by atoms with van der Waals surface area (Å²) in [7, 11) is 0. The first-order valence-electron chi connectivity index (χ1n) is 12.5. The Labute approximate surface area is 271 Å². The first-order chi connectivity index (χ1) is 16.7. The molecule has 6 atom stereocenters. The van der Waals surface area contributed by atoms with Crippen molar-refractivity contribution >= 4 is 133 Å². The first-order valence-corrected chi connectivity index (χ1v) is 22.5. The number of hydrogen-bond donors (Lipinski definition) is 4. The Morgan fingerprint density at radius 2 is 0.714 bits per heavy atom. The van der Waals surface area contributed by atoms with Crippen molar-refractivity contribution in [1.29, 1.82) is 0 Å². The van der Waals surface area contributed by atoms with Gasteiger partial charge in [-0.15, -0.1) is 0 Å². The average Bonchev–Trinajstić information content (AvgIpc) is 2.77. The molecule has 11 heteroatoms. The zero-order chi connectivity index (χ0) is 26.3. The van der Waals surface area contributed by atoms with E-state index in [0.29, 0.717) is 21.0 Å². The van der Waals surface area contributed by atoms with Gasteiger partial charge < -0.3 is 0 Å². The van der Waals surface area contributed by atoms with Crippen LogP contribution in [0.4, 0.5) is 0 Å². The van der Waals surface area contributed by atoms with Crippen molar-refractivity contribution in [2.75, 3.05) is 69.0 Å². The van der Waals surface area contributed by atoms with Gasteiger partial charge in [0.15, 0.2) is 0 Å². The van der Waals surface area contributed by atoms with E-state index >= 15 is 0 Å². The van der Waals surface area contributed by atoms with E-state index in [2.05, 4.69) is 161 Å². The van der Waals surface area contributed by atoms with Crippen LogP contribution in [-0.4, -0.2) is 101 Å². The smallest absolute Gasteiger partial charge is 0.0146 e. The van der Waals surface area contributed by atoms with Gasteiger partial charge in [-0.25, -0.2) is 0 Å². The molecule has 0 aliphatic rings. The van der Waals surface area contributed by atoms with E-state index in [1.54, 1.807) is 0 Å². The summed E-state index contributed by atoms with van der Waals surface area (Å²) in [6, 6.07) is 0. The van der Waals surface area contributed by atoms with Gasteiger partial charge in [-0.1, -0.05) is 27.7 Å². The van der Waals surface area contributed by atoms with E-state index in [9.17, 15) is 0 Å². The quantitative estimate of drug-likeness (QED) is 0.0522. The molecule has 0 saturated heterocycles. The van der Waals surface area contributed by atoms with Gasteiger partial charge in [0, 0.05) is 89.0 Å². The third kappa shape index (κ3) is 30.6. The number of thiol groups is 4. The summed E-state index contributed by atoms with van der Waals surface area (Å²) in [5, 5.41) is 3.54. The lowest BCUT2D eigenvalue weighted by Gasteiger charge is -2.20. The lowest BCUT2D eigenvalue weighted by atomic mass is 10.4. The van der Waals surface area contributed by atoms with Gasteiger partial charge in [0.2, 0.25) is 0 Å². The number of thioether (sulfide) groups is 7. The molecule has 0 rings (SSSR count). The van der Waals surface area contributed by atoms with Gasteiger partial charge in [0.1, 0.15) is 0 Å². The van der Waals surface area contributed by atoms with E-state index < -0.39 is 0 Å². The lowest BCUT2D eigenvalue weighted by molar-refractivity contribution is 0.909. The molecular weight excluding hydrogens is 641 g/mol. The van der Waals surface area contributed by atoms with E-state index in [0.717, 1.165) is 33.5 Å². The fraction of sp³-hybridized carbons (Fsp3) is 1.00. The van der Waals surface area contributed by atoms with Gasteiger partial charge in [-0.05, 0) is 24.3 Å². The summed E-state index contributed by atoms with van der Waals surface area (Å²) in [6.07, 6.45) is 2.64. The highest BCUT2D eigenvalue weighted by atomic mass is 32.2. The SMILES string of the molecule is CC(S)CSCCSC(CCSCC(C)S)CSCC(CCSCC(C)S)SCCSCC(C)S. The average molecular weight is 691 g/mol. The van der Waals surface area contributed by atoms with Crippen LogP contribution >= 0.6 is 133 Å². The lowest BCUT2D eigenvalue weighted by Crippen LogP contribution is -2.15. The summed E-state index contributed by atoms with van der Waals surface area (Å²) < 4.78 is 0. The minimum absolute atomic E-state index is 0.496. The molecule has 0 aliphatic heterocycles. The molecule has 0 aromatic carbocycles. The summed E-state index contributed by atoms with van der Waals surface area (Å²) in [6.45, 7) is 8.77. The third-order valence-corrected chi connectivity index (χ3v) is 15.9. The summed E-state index contributed by atoms with van der Waals surface area (Å²) in [5.74, 6) is 14.8. The molecule has 6 unspecified atom stereocenters. The maximum Gasteiger partial charge on any atom is 0.0146 e. The van der Waals surface area contributed by atoms with Crippen molar-refractivity contribution in [3.8, 4) is 0 Å². The molecule has 0 spiro atoms. The van der Waals surface area contributed by atoms with Crippen molar-refractivity contribution in [3.63, 3.8) is 0 Å². The monoisotopic (exact) mass is 690 g/mol. The minimum Gasteiger partial charge on any atom is -0.175 e. The highest BCUT2D eigenvalue weighted by Gasteiger charge is 2.14. The molecule has 0 saturated carbocycles. The molecular formula is C24H50S11. The van der Waals surface area contributed by atoms with Gasteiger partial charge in [0.25, 0.3) is 0 Å². The largest absolute Gasteiger partial charge is 0.175 e. The second kappa shape index (κ2) is 28.0. The van der Waals surface area contributed by atoms with Crippen LogP contribution in [0.25, 0.3) is 0 Å². The predicted octanol–water partition coefficient (Wildman–Crippen LogP) is 8.91. The van der Waals surface area contributed by atoms with Crippen LogP contribution in [0.2, 0.25) is 0 Å². The topological polar surface area (TPSA) is 0 Å². The Bertz CT molecular complexity index is 398. The van der Waals surface area contributed by atoms with Crippen LogP contribution in [0.3, 0.4) is 0 Å². The number of hydrogen-bond acceptors (Lipinski definition) is 11. The predicted molar refractivity (Wildman–Crippen MR) is 202 cm³/mol. The summed E-state index contributed by atoms with van der Waals surface area (Å²) >= 11 is 33.0. The zero-order valence-electron chi connectivity index (χ0n) is 22.0. The molecule has 0 bridgehead atoms. The zero-order valence-corrected chi connectivity index (χ0v) is 31.3. The van der Waals surface area contributed by atoms with Gasteiger partial charge in [0.05, 0.1) is 0 Å². The van der Waals surface area contributed by atoms with E-state index in [1.165, 1.54) is 58.9 Å². The van der Waals surface area contributed by atoms with Gasteiger partial charge in [-0.3, -0.25) is 0 Å². The van der Waals surface area contributed by atoms with Crippen molar-refractivity contribution in [2.45, 2.75) is 72.0 Å². The minimum atomic E-state index is 0.496. The number of rotatable bonds is 26. The molecule has 0 amide bonds.